The number of fused-ring (bicyclic) bond motifs is 2. The number of hydrogen-bond donors (Lipinski definition) is 2. The Balaban J connectivity index is 1.72. The van der Waals surface area contributed by atoms with Gasteiger partial charge in [0.2, 0.25) is 0 Å². The lowest BCUT2D eigenvalue weighted by Gasteiger charge is -2.27. The Hall–Kier alpha value is -2.29. The minimum atomic E-state index is 0.397. The first-order valence-corrected chi connectivity index (χ1v) is 7.18. The van der Waals surface area contributed by atoms with Crippen LogP contribution in [0.25, 0.3) is 10.9 Å². The molecule has 0 aliphatic heterocycles. The molecule has 1 atom stereocenters. The summed E-state index contributed by atoms with van der Waals surface area (Å²) in [5.41, 5.74) is 5.15. The second-order valence-electron chi connectivity index (χ2n) is 5.43. The average Bonchev–Trinajstić information content (AvgIpc) is 2.97. The van der Waals surface area contributed by atoms with Crippen LogP contribution in [0.3, 0.4) is 0 Å². The van der Waals surface area contributed by atoms with E-state index in [0.717, 1.165) is 16.6 Å². The third-order valence-corrected chi connectivity index (χ3v) is 4.18. The molecule has 3 nitrogen and oxygen atoms in total. The van der Waals surface area contributed by atoms with Gasteiger partial charge in [-0.3, -0.25) is 5.10 Å². The minimum absolute atomic E-state index is 0.397. The van der Waals surface area contributed by atoms with Crippen molar-refractivity contribution < 1.29 is 0 Å². The van der Waals surface area contributed by atoms with Crippen molar-refractivity contribution in [1.82, 2.24) is 10.2 Å². The molecule has 0 spiro atoms. The quantitative estimate of drug-likeness (QED) is 0.732. The molecule has 0 saturated heterocycles. The van der Waals surface area contributed by atoms with Crippen LogP contribution in [-0.2, 0) is 6.42 Å². The van der Waals surface area contributed by atoms with Crippen LogP contribution in [0.5, 0.6) is 0 Å². The largest absolute Gasteiger partial charge is 0.376 e. The number of aromatic amines is 1. The van der Waals surface area contributed by atoms with Gasteiger partial charge in [-0.2, -0.15) is 5.10 Å². The van der Waals surface area contributed by atoms with Crippen LogP contribution in [0.15, 0.2) is 48.7 Å². The summed E-state index contributed by atoms with van der Waals surface area (Å²) < 4.78 is 0. The first kappa shape index (κ1) is 11.5. The van der Waals surface area contributed by atoms with E-state index in [1.54, 1.807) is 0 Å². The van der Waals surface area contributed by atoms with E-state index >= 15 is 0 Å². The highest BCUT2D eigenvalue weighted by Crippen LogP contribution is 2.33. The van der Waals surface area contributed by atoms with Gasteiger partial charge in [0.05, 0.1) is 23.4 Å². The summed E-state index contributed by atoms with van der Waals surface area (Å²) in [7, 11) is 0. The van der Waals surface area contributed by atoms with Crippen LogP contribution >= 0.6 is 0 Å². The van der Waals surface area contributed by atoms with Crippen molar-refractivity contribution in [2.75, 3.05) is 5.32 Å². The summed E-state index contributed by atoms with van der Waals surface area (Å²) in [6, 6.07) is 15.4. The van der Waals surface area contributed by atoms with Crippen molar-refractivity contribution in [3.05, 3.63) is 59.8 Å². The lowest BCUT2D eigenvalue weighted by atomic mass is 9.87. The standard InChI is InChI=1S/C17H17N3/c1-2-8-14-12(5-1)6-3-9-15(14)19-16-10-4-7-13-11-18-20-17(13)16/h1-2,4-5,7-8,10-11,15,19H,3,6,9H2,(H,18,20). The van der Waals surface area contributed by atoms with Gasteiger partial charge in [-0.25, -0.2) is 0 Å². The second kappa shape index (κ2) is 4.67. The van der Waals surface area contributed by atoms with E-state index in [2.05, 4.69) is 58.0 Å². The van der Waals surface area contributed by atoms with Gasteiger partial charge in [0, 0.05) is 5.39 Å². The van der Waals surface area contributed by atoms with E-state index in [9.17, 15) is 0 Å². The monoisotopic (exact) mass is 263 g/mol. The number of nitrogens with one attached hydrogen (secondary N) is 2. The average molecular weight is 263 g/mol. The summed E-state index contributed by atoms with van der Waals surface area (Å²) in [5.74, 6) is 0. The van der Waals surface area contributed by atoms with Gasteiger partial charge >= 0.3 is 0 Å². The molecule has 0 radical (unpaired) electrons. The first-order valence-electron chi connectivity index (χ1n) is 7.18. The van der Waals surface area contributed by atoms with Crippen molar-refractivity contribution >= 4 is 16.6 Å². The number of aromatic nitrogens is 2. The molecule has 4 rings (SSSR count). The normalized spacial score (nSPS) is 17.9. The molecular formula is C17H17N3. The number of benzene rings is 2. The molecule has 20 heavy (non-hydrogen) atoms. The van der Waals surface area contributed by atoms with E-state index in [0.29, 0.717) is 6.04 Å². The molecule has 2 N–H and O–H groups in total. The number of hydrogen-bond acceptors (Lipinski definition) is 2. The lowest BCUT2D eigenvalue weighted by molar-refractivity contribution is 0.601. The van der Waals surface area contributed by atoms with Crippen LogP contribution in [0.1, 0.15) is 30.0 Å². The van der Waals surface area contributed by atoms with Crippen LogP contribution in [0.2, 0.25) is 0 Å². The molecule has 3 aromatic rings. The maximum Gasteiger partial charge on any atom is 0.0881 e. The maximum absolute atomic E-state index is 4.13. The van der Waals surface area contributed by atoms with Crippen molar-refractivity contribution in [1.29, 1.82) is 0 Å². The van der Waals surface area contributed by atoms with E-state index in [1.165, 1.54) is 30.4 Å². The molecule has 1 aliphatic carbocycles. The Labute approximate surface area is 118 Å². The summed E-state index contributed by atoms with van der Waals surface area (Å²) in [6.45, 7) is 0. The zero-order chi connectivity index (χ0) is 13.4. The van der Waals surface area contributed by atoms with Gasteiger partial charge in [-0.1, -0.05) is 36.4 Å². The van der Waals surface area contributed by atoms with Gasteiger partial charge in [-0.15, -0.1) is 0 Å². The topological polar surface area (TPSA) is 40.7 Å². The van der Waals surface area contributed by atoms with E-state index < -0.39 is 0 Å². The molecule has 1 heterocycles. The molecule has 3 heteroatoms. The first-order chi connectivity index (χ1) is 9.92. The molecule has 1 aliphatic rings. The third kappa shape index (κ3) is 1.86. The van der Waals surface area contributed by atoms with Crippen LogP contribution < -0.4 is 5.32 Å². The fourth-order valence-corrected chi connectivity index (χ4v) is 3.18. The summed E-state index contributed by atoms with van der Waals surface area (Å²) in [4.78, 5) is 0. The number of nitrogens with zero attached hydrogens (tertiary/aromatic N) is 1. The summed E-state index contributed by atoms with van der Waals surface area (Å²) in [5, 5.41) is 12.1. The SMILES string of the molecule is c1ccc2c(c1)CCCC2Nc1cccc2cn[nH]c12. The zero-order valence-electron chi connectivity index (χ0n) is 11.3. The minimum Gasteiger partial charge on any atom is -0.376 e. The van der Waals surface area contributed by atoms with E-state index in [-0.39, 0.29) is 0 Å². The second-order valence-corrected chi connectivity index (χ2v) is 5.43. The highest BCUT2D eigenvalue weighted by molar-refractivity contribution is 5.90. The number of anilines is 1. The van der Waals surface area contributed by atoms with Crippen LogP contribution in [0, 0.1) is 0 Å². The van der Waals surface area contributed by atoms with Gasteiger partial charge in [0.25, 0.3) is 0 Å². The summed E-state index contributed by atoms with van der Waals surface area (Å²) in [6.07, 6.45) is 5.49. The maximum atomic E-state index is 4.13. The van der Waals surface area contributed by atoms with Crippen molar-refractivity contribution in [2.24, 2.45) is 0 Å². The molecule has 1 aromatic heterocycles. The van der Waals surface area contributed by atoms with E-state index in [4.69, 9.17) is 0 Å². The Morgan fingerprint density at radius 1 is 1.10 bits per heavy atom. The predicted molar refractivity (Wildman–Crippen MR) is 81.8 cm³/mol. The molecule has 100 valence electrons. The smallest absolute Gasteiger partial charge is 0.0881 e. The van der Waals surface area contributed by atoms with Gasteiger partial charge < -0.3 is 5.32 Å². The highest BCUT2D eigenvalue weighted by Gasteiger charge is 2.20. The number of para-hydroxylation sites is 1. The molecule has 2 aromatic carbocycles. The third-order valence-electron chi connectivity index (χ3n) is 4.18. The van der Waals surface area contributed by atoms with Gasteiger partial charge in [-0.05, 0) is 36.5 Å². The fourth-order valence-electron chi connectivity index (χ4n) is 3.18. The predicted octanol–water partition coefficient (Wildman–Crippen LogP) is 4.05. The Kier molecular flexibility index (Phi) is 2.69. The highest BCUT2D eigenvalue weighted by atomic mass is 15.1. The Morgan fingerprint density at radius 2 is 2.05 bits per heavy atom. The lowest BCUT2D eigenvalue weighted by Crippen LogP contribution is -2.17. The van der Waals surface area contributed by atoms with Crippen molar-refractivity contribution in [2.45, 2.75) is 25.3 Å². The van der Waals surface area contributed by atoms with Crippen LogP contribution in [-0.4, -0.2) is 10.2 Å². The van der Waals surface area contributed by atoms with Crippen molar-refractivity contribution in [3.63, 3.8) is 0 Å². The van der Waals surface area contributed by atoms with Crippen LogP contribution in [0.4, 0.5) is 5.69 Å². The number of rotatable bonds is 2. The van der Waals surface area contributed by atoms with Crippen molar-refractivity contribution in [3.8, 4) is 0 Å². The Morgan fingerprint density at radius 3 is 3.05 bits per heavy atom. The molecule has 0 amide bonds. The van der Waals surface area contributed by atoms with E-state index in [1.807, 2.05) is 6.20 Å². The molecule has 0 saturated carbocycles. The fraction of sp³-hybridized carbons (Fsp3) is 0.235. The molecule has 0 fully saturated rings. The van der Waals surface area contributed by atoms with Gasteiger partial charge in [0.1, 0.15) is 0 Å². The summed E-state index contributed by atoms with van der Waals surface area (Å²) >= 11 is 0. The number of aryl methyl sites for hydroxylation is 1. The zero-order valence-corrected chi connectivity index (χ0v) is 11.3. The number of H-pyrrole nitrogens is 1. The Bertz CT molecular complexity index is 745. The molecular weight excluding hydrogens is 246 g/mol. The molecule has 1 unspecified atom stereocenters. The molecule has 0 bridgehead atoms. The van der Waals surface area contributed by atoms with Gasteiger partial charge in [0.15, 0.2) is 0 Å².